The summed E-state index contributed by atoms with van der Waals surface area (Å²) in [6.45, 7) is 3.66. The molecule has 0 radical (unpaired) electrons. The molecule has 3 heteroatoms. The van der Waals surface area contributed by atoms with Crippen LogP contribution in [-0.4, -0.2) is 17.7 Å². The summed E-state index contributed by atoms with van der Waals surface area (Å²) in [6, 6.07) is 0.0138. The highest BCUT2D eigenvalue weighted by atomic mass is 16.2. The maximum Gasteiger partial charge on any atom is 0.220 e. The van der Waals surface area contributed by atoms with Crippen molar-refractivity contribution in [3.63, 3.8) is 0 Å². The number of carbonyl (C=O) groups is 2. The molecule has 11 heavy (non-hydrogen) atoms. The molecule has 0 spiro atoms. The smallest absolute Gasteiger partial charge is 0.220 e. The first-order valence-corrected chi connectivity index (χ1v) is 3.91. The van der Waals surface area contributed by atoms with Gasteiger partial charge in [-0.3, -0.25) is 9.59 Å². The third kappa shape index (κ3) is 2.03. The van der Waals surface area contributed by atoms with Gasteiger partial charge in [-0.1, -0.05) is 6.92 Å². The lowest BCUT2D eigenvalue weighted by molar-refractivity contribution is -0.126. The number of nitrogens with one attached hydrogen (secondary N) is 1. The lowest BCUT2D eigenvalue weighted by Gasteiger charge is -2.06. The first kappa shape index (κ1) is 8.24. The van der Waals surface area contributed by atoms with Crippen molar-refractivity contribution in [3.05, 3.63) is 0 Å². The van der Waals surface area contributed by atoms with Gasteiger partial charge in [0.05, 0.1) is 0 Å². The van der Waals surface area contributed by atoms with E-state index in [-0.39, 0.29) is 23.7 Å². The van der Waals surface area contributed by atoms with Crippen LogP contribution >= 0.6 is 0 Å². The van der Waals surface area contributed by atoms with Crippen molar-refractivity contribution >= 4 is 11.7 Å². The first-order chi connectivity index (χ1) is 5.09. The summed E-state index contributed by atoms with van der Waals surface area (Å²) in [4.78, 5) is 22.2. The second-order valence-electron chi connectivity index (χ2n) is 3.24. The van der Waals surface area contributed by atoms with Gasteiger partial charge in [-0.15, -0.1) is 0 Å². The lowest BCUT2D eigenvalue weighted by Crippen LogP contribution is -2.30. The molecule has 1 rings (SSSR count). The van der Waals surface area contributed by atoms with E-state index in [1.54, 1.807) is 6.92 Å². The quantitative estimate of drug-likeness (QED) is 0.553. The zero-order valence-electron chi connectivity index (χ0n) is 6.89. The minimum absolute atomic E-state index is 0.00384. The van der Waals surface area contributed by atoms with E-state index in [1.165, 1.54) is 0 Å². The molecule has 1 aliphatic heterocycles. The zero-order chi connectivity index (χ0) is 8.43. The topological polar surface area (TPSA) is 46.2 Å². The number of rotatable bonds is 0. The predicted molar refractivity (Wildman–Crippen MR) is 41.0 cm³/mol. The van der Waals surface area contributed by atoms with Gasteiger partial charge in [0.2, 0.25) is 5.91 Å². The molecule has 3 nitrogen and oxygen atoms in total. The third-order valence-electron chi connectivity index (χ3n) is 1.96. The van der Waals surface area contributed by atoms with Gasteiger partial charge in [-0.25, -0.2) is 0 Å². The van der Waals surface area contributed by atoms with Crippen LogP contribution in [0, 0.1) is 5.92 Å². The Morgan fingerprint density at radius 3 is 2.55 bits per heavy atom. The van der Waals surface area contributed by atoms with Gasteiger partial charge in [-0.05, 0) is 6.92 Å². The summed E-state index contributed by atoms with van der Waals surface area (Å²) >= 11 is 0. The van der Waals surface area contributed by atoms with Crippen LogP contribution in [0.15, 0.2) is 0 Å². The molecule has 2 atom stereocenters. The number of ketones is 1. The van der Waals surface area contributed by atoms with E-state index in [0.717, 1.165) is 0 Å². The maximum atomic E-state index is 11.2. The normalized spacial score (nSPS) is 32.9. The second kappa shape index (κ2) is 3.03. The number of Topliss-reactive ketones (excluding diaryl/α,β-unsaturated/α-hetero) is 1. The molecule has 1 saturated heterocycles. The summed E-state index contributed by atoms with van der Waals surface area (Å²) in [7, 11) is 0. The highest BCUT2D eigenvalue weighted by molar-refractivity contribution is 5.89. The van der Waals surface area contributed by atoms with Crippen molar-refractivity contribution < 1.29 is 9.59 Å². The molecule has 0 aliphatic carbocycles. The van der Waals surface area contributed by atoms with E-state index in [9.17, 15) is 9.59 Å². The van der Waals surface area contributed by atoms with E-state index in [2.05, 4.69) is 5.32 Å². The Bertz CT molecular complexity index is 189. The molecular formula is C8H13NO2. The first-order valence-electron chi connectivity index (χ1n) is 3.91. The summed E-state index contributed by atoms with van der Waals surface area (Å²) in [5, 5.41) is 2.74. The Balaban J connectivity index is 2.66. The van der Waals surface area contributed by atoms with Crippen LogP contribution in [0.5, 0.6) is 0 Å². The van der Waals surface area contributed by atoms with Gasteiger partial charge in [0.15, 0.2) is 0 Å². The van der Waals surface area contributed by atoms with Crippen LogP contribution in [0.4, 0.5) is 0 Å². The molecule has 0 aromatic rings. The number of carbonyl (C=O) groups excluding carboxylic acids is 2. The molecule has 0 aromatic carbocycles. The number of amides is 1. The molecule has 0 saturated carbocycles. The van der Waals surface area contributed by atoms with Crippen molar-refractivity contribution in [2.45, 2.75) is 32.7 Å². The number of hydrogen-bond donors (Lipinski definition) is 1. The Morgan fingerprint density at radius 2 is 1.91 bits per heavy atom. The van der Waals surface area contributed by atoms with Gasteiger partial charge in [0.25, 0.3) is 0 Å². The Hall–Kier alpha value is -0.860. The molecule has 0 aromatic heterocycles. The monoisotopic (exact) mass is 155 g/mol. The Morgan fingerprint density at radius 1 is 1.27 bits per heavy atom. The van der Waals surface area contributed by atoms with Gasteiger partial charge >= 0.3 is 0 Å². The van der Waals surface area contributed by atoms with Crippen LogP contribution in [-0.2, 0) is 9.59 Å². The summed E-state index contributed by atoms with van der Waals surface area (Å²) in [5.41, 5.74) is 0. The zero-order valence-corrected chi connectivity index (χ0v) is 6.89. The summed E-state index contributed by atoms with van der Waals surface area (Å²) in [6.07, 6.45) is 0.829. The fraction of sp³-hybridized carbons (Fsp3) is 0.750. The van der Waals surface area contributed by atoms with Crippen LogP contribution in [0.1, 0.15) is 26.7 Å². The Labute approximate surface area is 66.2 Å². The van der Waals surface area contributed by atoms with Crippen molar-refractivity contribution in [1.82, 2.24) is 5.32 Å². The molecule has 62 valence electrons. The van der Waals surface area contributed by atoms with Crippen LogP contribution < -0.4 is 5.32 Å². The van der Waals surface area contributed by atoms with Gasteiger partial charge in [0.1, 0.15) is 5.78 Å². The Kier molecular flexibility index (Phi) is 2.27. The van der Waals surface area contributed by atoms with Crippen LogP contribution in [0.25, 0.3) is 0 Å². The molecular weight excluding hydrogens is 142 g/mol. The van der Waals surface area contributed by atoms with Crippen molar-refractivity contribution in [2.24, 2.45) is 5.92 Å². The van der Waals surface area contributed by atoms with Crippen LogP contribution in [0.3, 0.4) is 0 Å². The average Bonchev–Trinajstić information content (AvgIpc) is 1.93. The van der Waals surface area contributed by atoms with Crippen molar-refractivity contribution in [1.29, 1.82) is 0 Å². The fourth-order valence-electron chi connectivity index (χ4n) is 1.28. The highest BCUT2D eigenvalue weighted by Crippen LogP contribution is 2.11. The van der Waals surface area contributed by atoms with Gasteiger partial charge < -0.3 is 5.32 Å². The lowest BCUT2D eigenvalue weighted by atomic mass is 10.0. The van der Waals surface area contributed by atoms with Crippen LogP contribution in [0.2, 0.25) is 0 Å². The standard InChI is InChI=1S/C8H13NO2/c1-5-3-8(11)9-6(2)4-7(5)10/h5-6H,3-4H2,1-2H3,(H,9,11). The molecule has 1 aliphatic rings. The van der Waals surface area contributed by atoms with E-state index in [1.807, 2.05) is 6.92 Å². The molecule has 1 heterocycles. The summed E-state index contributed by atoms with van der Waals surface area (Å²) < 4.78 is 0. The molecule has 1 fully saturated rings. The summed E-state index contributed by atoms with van der Waals surface area (Å²) in [5.74, 6) is 0.0895. The fourth-order valence-corrected chi connectivity index (χ4v) is 1.28. The molecule has 0 bridgehead atoms. The SMILES string of the molecule is CC1CC(=O)C(C)CC(=O)N1. The number of hydrogen-bond acceptors (Lipinski definition) is 2. The second-order valence-corrected chi connectivity index (χ2v) is 3.24. The van der Waals surface area contributed by atoms with E-state index < -0.39 is 0 Å². The van der Waals surface area contributed by atoms with E-state index >= 15 is 0 Å². The molecule has 1 amide bonds. The highest BCUT2D eigenvalue weighted by Gasteiger charge is 2.24. The minimum Gasteiger partial charge on any atom is -0.353 e. The minimum atomic E-state index is -0.0973. The largest absolute Gasteiger partial charge is 0.353 e. The van der Waals surface area contributed by atoms with Gasteiger partial charge in [-0.2, -0.15) is 0 Å². The third-order valence-corrected chi connectivity index (χ3v) is 1.96. The van der Waals surface area contributed by atoms with E-state index in [0.29, 0.717) is 12.8 Å². The maximum absolute atomic E-state index is 11.2. The van der Waals surface area contributed by atoms with E-state index in [4.69, 9.17) is 0 Å². The van der Waals surface area contributed by atoms with Crippen molar-refractivity contribution in [2.75, 3.05) is 0 Å². The van der Waals surface area contributed by atoms with Crippen molar-refractivity contribution in [3.8, 4) is 0 Å². The molecule has 2 unspecified atom stereocenters. The molecule has 1 N–H and O–H groups in total. The predicted octanol–water partition coefficient (Wildman–Crippen LogP) is 0.490. The average molecular weight is 155 g/mol. The van der Waals surface area contributed by atoms with Gasteiger partial charge in [0, 0.05) is 24.8 Å².